The van der Waals surface area contributed by atoms with Gasteiger partial charge < -0.3 is 9.31 Å². The second-order valence-corrected chi connectivity index (χ2v) is 8.09. The number of halogens is 3. The minimum atomic E-state index is -4.13. The molecule has 1 atom stereocenters. The lowest BCUT2D eigenvalue weighted by Gasteiger charge is -2.32. The smallest absolute Gasteiger partial charge is 0.399 e. The van der Waals surface area contributed by atoms with Crippen LogP contribution in [0.15, 0.2) is 24.3 Å². The standard InChI is InChI=1S/C18H25BF3NO2/c1-16(2)17(3,4)25-19(24-16)15-7-5-13(6-8-15)14-9-10-23(11-14)12-18(20,21)22/h5-8,14H,9-12H2,1-4H3. The van der Waals surface area contributed by atoms with Crippen molar-refractivity contribution in [2.75, 3.05) is 19.6 Å². The molecule has 25 heavy (non-hydrogen) atoms. The first kappa shape index (κ1) is 18.7. The van der Waals surface area contributed by atoms with E-state index < -0.39 is 19.8 Å². The summed E-state index contributed by atoms with van der Waals surface area (Å²) in [5.41, 5.74) is 1.23. The summed E-state index contributed by atoms with van der Waals surface area (Å²) in [4.78, 5) is 1.48. The van der Waals surface area contributed by atoms with Crippen LogP contribution in [0.3, 0.4) is 0 Å². The van der Waals surface area contributed by atoms with Crippen LogP contribution >= 0.6 is 0 Å². The molecule has 2 aliphatic heterocycles. The first-order chi connectivity index (χ1) is 11.5. The number of hydrogen-bond donors (Lipinski definition) is 0. The van der Waals surface area contributed by atoms with Gasteiger partial charge in [-0.2, -0.15) is 13.2 Å². The number of rotatable bonds is 3. The fourth-order valence-electron chi connectivity index (χ4n) is 3.41. The molecule has 0 aliphatic carbocycles. The van der Waals surface area contributed by atoms with Gasteiger partial charge in [-0.3, -0.25) is 4.90 Å². The summed E-state index contributed by atoms with van der Waals surface area (Å²) in [6.07, 6.45) is -3.37. The monoisotopic (exact) mass is 355 g/mol. The van der Waals surface area contributed by atoms with Crippen molar-refractivity contribution in [3.8, 4) is 0 Å². The average Bonchev–Trinajstić information content (AvgIpc) is 3.00. The van der Waals surface area contributed by atoms with Crippen LogP contribution in [0.5, 0.6) is 0 Å². The van der Waals surface area contributed by atoms with E-state index in [1.54, 1.807) is 0 Å². The molecule has 0 N–H and O–H groups in total. The second kappa shape index (κ2) is 6.29. The zero-order chi connectivity index (χ0) is 18.5. The highest BCUT2D eigenvalue weighted by Gasteiger charge is 2.51. The minimum Gasteiger partial charge on any atom is -0.399 e. The van der Waals surface area contributed by atoms with Crippen LogP contribution in [-0.2, 0) is 9.31 Å². The van der Waals surface area contributed by atoms with Crippen molar-refractivity contribution in [3.63, 3.8) is 0 Å². The molecule has 3 nitrogen and oxygen atoms in total. The highest BCUT2D eigenvalue weighted by molar-refractivity contribution is 6.62. The topological polar surface area (TPSA) is 21.7 Å². The molecule has 2 fully saturated rings. The number of benzene rings is 1. The first-order valence-corrected chi connectivity index (χ1v) is 8.71. The number of nitrogens with zero attached hydrogens (tertiary/aromatic N) is 1. The maximum atomic E-state index is 12.5. The summed E-state index contributed by atoms with van der Waals surface area (Å²) in [5, 5.41) is 0. The second-order valence-electron chi connectivity index (χ2n) is 8.09. The van der Waals surface area contributed by atoms with Gasteiger partial charge in [0.1, 0.15) is 0 Å². The molecule has 0 aromatic heterocycles. The molecule has 2 saturated heterocycles. The molecule has 0 saturated carbocycles. The Balaban J connectivity index is 1.64. The summed E-state index contributed by atoms with van der Waals surface area (Å²) >= 11 is 0. The molecule has 7 heteroatoms. The number of likely N-dealkylation sites (tertiary alicyclic amines) is 1. The normalized spacial score (nSPS) is 26.4. The maximum absolute atomic E-state index is 12.5. The Bertz CT molecular complexity index is 600. The van der Waals surface area contributed by atoms with Gasteiger partial charge in [0.25, 0.3) is 0 Å². The Morgan fingerprint density at radius 2 is 1.64 bits per heavy atom. The molecule has 0 bridgehead atoms. The van der Waals surface area contributed by atoms with Crippen molar-refractivity contribution < 1.29 is 22.5 Å². The van der Waals surface area contributed by atoms with E-state index in [4.69, 9.17) is 9.31 Å². The average molecular weight is 355 g/mol. The molecule has 138 valence electrons. The van der Waals surface area contributed by atoms with Crippen LogP contribution < -0.4 is 5.46 Å². The number of hydrogen-bond acceptors (Lipinski definition) is 3. The third-order valence-electron chi connectivity index (χ3n) is 5.61. The van der Waals surface area contributed by atoms with E-state index in [1.165, 1.54) is 4.90 Å². The van der Waals surface area contributed by atoms with Crippen LogP contribution in [-0.4, -0.2) is 49.0 Å². The third kappa shape index (κ3) is 4.04. The van der Waals surface area contributed by atoms with Gasteiger partial charge in [0.15, 0.2) is 0 Å². The van der Waals surface area contributed by atoms with Gasteiger partial charge in [-0.25, -0.2) is 0 Å². The van der Waals surface area contributed by atoms with Crippen molar-refractivity contribution in [1.82, 2.24) is 4.90 Å². The summed E-state index contributed by atoms with van der Waals surface area (Å²) in [5.74, 6) is 0.148. The molecule has 0 radical (unpaired) electrons. The Morgan fingerprint density at radius 1 is 1.08 bits per heavy atom. The van der Waals surface area contributed by atoms with E-state index in [1.807, 2.05) is 52.0 Å². The zero-order valence-electron chi connectivity index (χ0n) is 15.2. The fraction of sp³-hybridized carbons (Fsp3) is 0.667. The van der Waals surface area contributed by atoms with E-state index in [-0.39, 0.29) is 17.1 Å². The quantitative estimate of drug-likeness (QED) is 0.777. The zero-order valence-corrected chi connectivity index (χ0v) is 15.2. The van der Waals surface area contributed by atoms with Crippen molar-refractivity contribution >= 4 is 12.6 Å². The first-order valence-electron chi connectivity index (χ1n) is 8.71. The predicted octanol–water partition coefficient (Wildman–Crippen LogP) is 3.34. The maximum Gasteiger partial charge on any atom is 0.494 e. The van der Waals surface area contributed by atoms with Gasteiger partial charge >= 0.3 is 13.3 Å². The van der Waals surface area contributed by atoms with E-state index in [0.29, 0.717) is 13.1 Å². The molecular formula is C18H25BF3NO2. The summed E-state index contributed by atoms with van der Waals surface area (Å²) in [7, 11) is -0.413. The van der Waals surface area contributed by atoms with Gasteiger partial charge in [-0.1, -0.05) is 24.3 Å². The fourth-order valence-corrected chi connectivity index (χ4v) is 3.41. The molecule has 1 aromatic rings. The van der Waals surface area contributed by atoms with Crippen molar-refractivity contribution in [3.05, 3.63) is 29.8 Å². The van der Waals surface area contributed by atoms with Gasteiger partial charge in [-0.15, -0.1) is 0 Å². The van der Waals surface area contributed by atoms with Crippen molar-refractivity contribution in [1.29, 1.82) is 0 Å². The van der Waals surface area contributed by atoms with Crippen LogP contribution in [0.25, 0.3) is 0 Å². The van der Waals surface area contributed by atoms with Crippen LogP contribution in [0, 0.1) is 0 Å². The largest absolute Gasteiger partial charge is 0.494 e. The van der Waals surface area contributed by atoms with E-state index in [0.717, 1.165) is 17.4 Å². The molecule has 0 spiro atoms. The Hall–Kier alpha value is -1.05. The third-order valence-corrected chi connectivity index (χ3v) is 5.61. The molecule has 3 rings (SSSR count). The molecule has 1 unspecified atom stereocenters. The van der Waals surface area contributed by atoms with Gasteiger partial charge in [0.05, 0.1) is 17.7 Å². The highest BCUT2D eigenvalue weighted by Crippen LogP contribution is 2.36. The minimum absolute atomic E-state index is 0.148. The molecule has 1 aromatic carbocycles. The summed E-state index contributed by atoms with van der Waals surface area (Å²) in [6.45, 7) is 8.16. The van der Waals surface area contributed by atoms with Gasteiger partial charge in [0, 0.05) is 6.54 Å². The Morgan fingerprint density at radius 3 is 2.16 bits per heavy atom. The predicted molar refractivity (Wildman–Crippen MR) is 92.0 cm³/mol. The van der Waals surface area contributed by atoms with E-state index in [2.05, 4.69) is 0 Å². The lowest BCUT2D eigenvalue weighted by Crippen LogP contribution is -2.41. The highest BCUT2D eigenvalue weighted by atomic mass is 19.4. The van der Waals surface area contributed by atoms with Crippen LogP contribution in [0.2, 0.25) is 0 Å². The summed E-state index contributed by atoms with van der Waals surface area (Å²) in [6, 6.07) is 7.90. The van der Waals surface area contributed by atoms with Crippen LogP contribution in [0.4, 0.5) is 13.2 Å². The van der Waals surface area contributed by atoms with E-state index >= 15 is 0 Å². The lowest BCUT2D eigenvalue weighted by atomic mass is 9.78. The van der Waals surface area contributed by atoms with Crippen molar-refractivity contribution in [2.24, 2.45) is 0 Å². The van der Waals surface area contributed by atoms with Crippen molar-refractivity contribution in [2.45, 2.75) is 57.4 Å². The number of alkyl halides is 3. The molecule has 2 heterocycles. The lowest BCUT2D eigenvalue weighted by molar-refractivity contribution is -0.143. The van der Waals surface area contributed by atoms with Gasteiger partial charge in [-0.05, 0) is 57.6 Å². The Kier molecular flexibility index (Phi) is 4.71. The molecule has 2 aliphatic rings. The molecular weight excluding hydrogens is 330 g/mol. The molecule has 0 amide bonds. The van der Waals surface area contributed by atoms with Crippen LogP contribution in [0.1, 0.15) is 45.6 Å². The van der Waals surface area contributed by atoms with Gasteiger partial charge in [0.2, 0.25) is 0 Å². The van der Waals surface area contributed by atoms with E-state index in [9.17, 15) is 13.2 Å². The Labute approximate surface area is 147 Å². The SMILES string of the molecule is CC1(C)OB(c2ccc(C3CCN(CC(F)(F)F)C3)cc2)OC1(C)C. The summed E-state index contributed by atoms with van der Waals surface area (Å²) < 4.78 is 49.6.